The van der Waals surface area contributed by atoms with Crippen molar-refractivity contribution in [3.63, 3.8) is 0 Å². The number of fused-ring (bicyclic) bond motifs is 1. The zero-order valence-electron chi connectivity index (χ0n) is 13.5. The Hall–Kier alpha value is -2.62. The lowest BCUT2D eigenvalue weighted by atomic mass is 10.1. The van der Waals surface area contributed by atoms with Gasteiger partial charge < -0.3 is 9.88 Å². The summed E-state index contributed by atoms with van der Waals surface area (Å²) in [4.78, 5) is 16.3. The summed E-state index contributed by atoms with van der Waals surface area (Å²) in [5, 5.41) is 2.93. The molecular formula is C19H21N3O. The summed E-state index contributed by atoms with van der Waals surface area (Å²) < 4.78 is 2.21. The van der Waals surface area contributed by atoms with Crippen molar-refractivity contribution in [3.05, 3.63) is 66.0 Å². The lowest BCUT2D eigenvalue weighted by Gasteiger charge is -2.18. The van der Waals surface area contributed by atoms with Gasteiger partial charge in [-0.05, 0) is 24.6 Å². The molecule has 2 aromatic carbocycles. The predicted molar refractivity (Wildman–Crippen MR) is 92.1 cm³/mol. The van der Waals surface area contributed by atoms with E-state index in [1.165, 1.54) is 5.56 Å². The standard InChI is InChI=1S/C19H21N3O/c1-3-19(23)20-13-18-21-16-11-7-8-12-17(16)22(18)14(2)15-9-5-4-6-10-15/h4-12,14H,3,13H2,1-2H3,(H,20,23)/t14-/m0/s1. The normalized spacial score (nSPS) is 12.3. The number of benzene rings is 2. The molecule has 4 nitrogen and oxygen atoms in total. The van der Waals surface area contributed by atoms with Crippen LogP contribution < -0.4 is 5.32 Å². The highest BCUT2D eigenvalue weighted by molar-refractivity contribution is 5.77. The molecule has 0 aliphatic carbocycles. The molecule has 0 aliphatic rings. The molecule has 1 atom stereocenters. The smallest absolute Gasteiger partial charge is 0.220 e. The van der Waals surface area contributed by atoms with E-state index in [2.05, 4.69) is 35.0 Å². The van der Waals surface area contributed by atoms with Crippen LogP contribution in [0.15, 0.2) is 54.6 Å². The summed E-state index contributed by atoms with van der Waals surface area (Å²) in [5.41, 5.74) is 3.26. The molecule has 1 amide bonds. The largest absolute Gasteiger partial charge is 0.349 e. The van der Waals surface area contributed by atoms with Crippen LogP contribution in [0.2, 0.25) is 0 Å². The van der Waals surface area contributed by atoms with Crippen LogP contribution in [-0.2, 0) is 11.3 Å². The molecule has 1 heterocycles. The molecule has 0 radical (unpaired) electrons. The molecule has 0 bridgehead atoms. The third-order valence-corrected chi connectivity index (χ3v) is 4.10. The van der Waals surface area contributed by atoms with Crippen LogP contribution in [0, 0.1) is 0 Å². The summed E-state index contributed by atoms with van der Waals surface area (Å²) in [5.74, 6) is 0.917. The minimum Gasteiger partial charge on any atom is -0.349 e. The van der Waals surface area contributed by atoms with E-state index >= 15 is 0 Å². The first-order chi connectivity index (χ1) is 11.2. The van der Waals surface area contributed by atoms with Gasteiger partial charge in [-0.3, -0.25) is 4.79 Å². The molecule has 118 valence electrons. The minimum absolute atomic E-state index is 0.0379. The summed E-state index contributed by atoms with van der Waals surface area (Å²) in [6.45, 7) is 4.46. The van der Waals surface area contributed by atoms with Crippen LogP contribution in [0.1, 0.15) is 37.7 Å². The second-order valence-electron chi connectivity index (χ2n) is 5.60. The number of rotatable bonds is 5. The number of hydrogen-bond donors (Lipinski definition) is 1. The molecule has 3 aromatic rings. The second-order valence-corrected chi connectivity index (χ2v) is 5.60. The first kappa shape index (κ1) is 15.3. The van der Waals surface area contributed by atoms with Crippen molar-refractivity contribution in [1.82, 2.24) is 14.9 Å². The zero-order chi connectivity index (χ0) is 16.2. The molecule has 0 aliphatic heterocycles. The molecule has 23 heavy (non-hydrogen) atoms. The van der Waals surface area contributed by atoms with Crippen LogP contribution in [-0.4, -0.2) is 15.5 Å². The van der Waals surface area contributed by atoms with Gasteiger partial charge in [-0.1, -0.05) is 49.4 Å². The highest BCUT2D eigenvalue weighted by Crippen LogP contribution is 2.25. The molecule has 0 fully saturated rings. The lowest BCUT2D eigenvalue weighted by molar-refractivity contribution is -0.120. The van der Waals surface area contributed by atoms with Gasteiger partial charge in [0.15, 0.2) is 0 Å². The monoisotopic (exact) mass is 307 g/mol. The van der Waals surface area contributed by atoms with Crippen molar-refractivity contribution in [2.24, 2.45) is 0 Å². The molecule has 1 N–H and O–H groups in total. The third-order valence-electron chi connectivity index (χ3n) is 4.10. The molecular weight excluding hydrogens is 286 g/mol. The van der Waals surface area contributed by atoms with Crippen LogP contribution in [0.4, 0.5) is 0 Å². The van der Waals surface area contributed by atoms with Gasteiger partial charge in [-0.2, -0.15) is 0 Å². The Morgan fingerprint density at radius 3 is 2.57 bits per heavy atom. The molecule has 1 aromatic heterocycles. The Balaban J connectivity index is 2.04. The highest BCUT2D eigenvalue weighted by Gasteiger charge is 2.17. The number of amides is 1. The van der Waals surface area contributed by atoms with Crippen molar-refractivity contribution in [3.8, 4) is 0 Å². The number of aromatic nitrogens is 2. The van der Waals surface area contributed by atoms with Crippen LogP contribution >= 0.6 is 0 Å². The van der Waals surface area contributed by atoms with E-state index in [0.29, 0.717) is 13.0 Å². The van der Waals surface area contributed by atoms with Crippen molar-refractivity contribution in [2.75, 3.05) is 0 Å². The molecule has 4 heteroatoms. The summed E-state index contributed by atoms with van der Waals surface area (Å²) in [6, 6.07) is 18.6. The number of imidazole rings is 1. The van der Waals surface area contributed by atoms with Crippen molar-refractivity contribution in [2.45, 2.75) is 32.9 Å². The van der Waals surface area contributed by atoms with Gasteiger partial charge in [0.1, 0.15) is 5.82 Å². The maximum Gasteiger partial charge on any atom is 0.220 e. The Morgan fingerprint density at radius 1 is 1.13 bits per heavy atom. The van der Waals surface area contributed by atoms with Crippen molar-refractivity contribution in [1.29, 1.82) is 0 Å². The number of para-hydroxylation sites is 2. The van der Waals surface area contributed by atoms with Gasteiger partial charge in [-0.15, -0.1) is 0 Å². The Morgan fingerprint density at radius 2 is 1.83 bits per heavy atom. The van der Waals surface area contributed by atoms with E-state index in [1.54, 1.807) is 0 Å². The summed E-state index contributed by atoms with van der Waals surface area (Å²) in [6.07, 6.45) is 0.481. The molecule has 0 saturated carbocycles. The molecule has 3 rings (SSSR count). The lowest BCUT2D eigenvalue weighted by Crippen LogP contribution is -2.24. The van der Waals surface area contributed by atoms with Gasteiger partial charge >= 0.3 is 0 Å². The average Bonchev–Trinajstić information content (AvgIpc) is 2.98. The number of carbonyl (C=O) groups excluding carboxylic acids is 1. The third kappa shape index (κ3) is 3.11. The van der Waals surface area contributed by atoms with Crippen LogP contribution in [0.3, 0.4) is 0 Å². The molecule has 0 spiro atoms. The molecule has 0 saturated heterocycles. The number of nitrogens with zero attached hydrogens (tertiary/aromatic N) is 2. The van der Waals surface area contributed by atoms with Crippen LogP contribution in [0.25, 0.3) is 11.0 Å². The summed E-state index contributed by atoms with van der Waals surface area (Å²) in [7, 11) is 0. The first-order valence-corrected chi connectivity index (χ1v) is 7.98. The maximum atomic E-state index is 11.6. The SMILES string of the molecule is CCC(=O)NCc1nc2ccccc2n1[C@@H](C)c1ccccc1. The van der Waals surface area contributed by atoms with Crippen molar-refractivity contribution < 1.29 is 4.79 Å². The predicted octanol–water partition coefficient (Wildman–Crippen LogP) is 3.67. The Bertz CT molecular complexity index is 808. The number of carbonyl (C=O) groups is 1. The minimum atomic E-state index is 0.0379. The van der Waals surface area contributed by atoms with Gasteiger partial charge in [0.05, 0.1) is 23.6 Å². The van der Waals surface area contributed by atoms with Gasteiger partial charge in [0.25, 0.3) is 0 Å². The fourth-order valence-corrected chi connectivity index (χ4v) is 2.83. The average molecular weight is 307 g/mol. The topological polar surface area (TPSA) is 46.9 Å². The summed E-state index contributed by atoms with van der Waals surface area (Å²) >= 11 is 0. The quantitative estimate of drug-likeness (QED) is 0.781. The van der Waals surface area contributed by atoms with E-state index in [1.807, 2.05) is 43.3 Å². The van der Waals surface area contributed by atoms with Crippen molar-refractivity contribution >= 4 is 16.9 Å². The van der Waals surface area contributed by atoms with E-state index in [9.17, 15) is 4.79 Å². The number of hydrogen-bond acceptors (Lipinski definition) is 2. The van der Waals surface area contributed by atoms with Gasteiger partial charge in [0, 0.05) is 6.42 Å². The second kappa shape index (κ2) is 6.65. The molecule has 0 unspecified atom stereocenters. The van der Waals surface area contributed by atoms with E-state index in [4.69, 9.17) is 4.98 Å². The van der Waals surface area contributed by atoms with Crippen LogP contribution in [0.5, 0.6) is 0 Å². The fraction of sp³-hybridized carbons (Fsp3) is 0.263. The van der Waals surface area contributed by atoms with E-state index in [0.717, 1.165) is 16.9 Å². The first-order valence-electron chi connectivity index (χ1n) is 7.98. The zero-order valence-corrected chi connectivity index (χ0v) is 13.5. The van der Waals surface area contributed by atoms with Gasteiger partial charge in [-0.25, -0.2) is 4.98 Å². The highest BCUT2D eigenvalue weighted by atomic mass is 16.1. The Kier molecular flexibility index (Phi) is 4.42. The fourth-order valence-electron chi connectivity index (χ4n) is 2.83. The maximum absolute atomic E-state index is 11.6. The Labute approximate surface area is 136 Å². The number of nitrogens with one attached hydrogen (secondary N) is 1. The van der Waals surface area contributed by atoms with E-state index in [-0.39, 0.29) is 11.9 Å². The van der Waals surface area contributed by atoms with E-state index < -0.39 is 0 Å². The van der Waals surface area contributed by atoms with Gasteiger partial charge in [0.2, 0.25) is 5.91 Å².